The van der Waals surface area contributed by atoms with Crippen molar-refractivity contribution in [2.24, 2.45) is 4.99 Å². The number of nitrogens with zero attached hydrogens (tertiary/aromatic N) is 2. The highest BCUT2D eigenvalue weighted by Crippen LogP contribution is 2.38. The molecule has 0 amide bonds. The molecule has 3 rings (SSSR count). The maximum atomic E-state index is 5.51. The van der Waals surface area contributed by atoms with Crippen LogP contribution in [0.25, 0.3) is 0 Å². The van der Waals surface area contributed by atoms with E-state index in [-0.39, 0.29) is 0 Å². The third-order valence-corrected chi connectivity index (χ3v) is 5.50. The molecule has 5 nitrogen and oxygen atoms in total. The van der Waals surface area contributed by atoms with E-state index in [4.69, 9.17) is 19.2 Å². The molecule has 27 heavy (non-hydrogen) atoms. The van der Waals surface area contributed by atoms with E-state index in [2.05, 4.69) is 29.2 Å². The maximum Gasteiger partial charge on any atom is 0.203 e. The van der Waals surface area contributed by atoms with Crippen molar-refractivity contribution >= 4 is 16.9 Å². The molecule has 144 valence electrons. The van der Waals surface area contributed by atoms with Gasteiger partial charge in [-0.1, -0.05) is 42.1 Å². The molecule has 0 fully saturated rings. The molecule has 0 aliphatic carbocycles. The van der Waals surface area contributed by atoms with Gasteiger partial charge in [-0.15, -0.1) is 0 Å². The van der Waals surface area contributed by atoms with Gasteiger partial charge in [-0.2, -0.15) is 0 Å². The molecule has 1 heterocycles. The van der Waals surface area contributed by atoms with E-state index in [9.17, 15) is 0 Å². The highest BCUT2D eigenvalue weighted by atomic mass is 32.2. The zero-order chi connectivity index (χ0) is 19.1. The van der Waals surface area contributed by atoms with Gasteiger partial charge in [-0.05, 0) is 29.7 Å². The predicted molar refractivity (Wildman–Crippen MR) is 111 cm³/mol. The van der Waals surface area contributed by atoms with Crippen LogP contribution in [0.15, 0.2) is 47.5 Å². The summed E-state index contributed by atoms with van der Waals surface area (Å²) in [4.78, 5) is 7.08. The molecule has 0 N–H and O–H groups in total. The number of amidine groups is 1. The Bertz CT molecular complexity index is 755. The van der Waals surface area contributed by atoms with Gasteiger partial charge in [0.1, 0.15) is 0 Å². The molecule has 0 saturated carbocycles. The highest BCUT2D eigenvalue weighted by molar-refractivity contribution is 8.13. The molecular weight excluding hydrogens is 360 g/mol. The molecule has 0 unspecified atom stereocenters. The molecule has 0 atom stereocenters. The second-order valence-corrected chi connectivity index (χ2v) is 7.30. The fourth-order valence-corrected chi connectivity index (χ4v) is 4.03. The van der Waals surface area contributed by atoms with Crippen LogP contribution in [0, 0.1) is 0 Å². The quantitative estimate of drug-likeness (QED) is 0.713. The first kappa shape index (κ1) is 19.4. The van der Waals surface area contributed by atoms with Crippen molar-refractivity contribution in [3.63, 3.8) is 0 Å². The minimum absolute atomic E-state index is 0.614. The average Bonchev–Trinajstić information content (AvgIpc) is 2.73. The predicted octanol–water partition coefficient (Wildman–Crippen LogP) is 4.21. The van der Waals surface area contributed by atoms with Crippen LogP contribution >= 0.6 is 11.8 Å². The molecular formula is C21H26N2O3S. The van der Waals surface area contributed by atoms with Gasteiger partial charge < -0.3 is 19.1 Å². The number of hydrogen-bond acceptors (Lipinski definition) is 6. The Morgan fingerprint density at radius 3 is 2.15 bits per heavy atom. The van der Waals surface area contributed by atoms with Crippen LogP contribution in [0.4, 0.5) is 0 Å². The van der Waals surface area contributed by atoms with Crippen LogP contribution in [-0.4, -0.2) is 43.7 Å². The van der Waals surface area contributed by atoms with Crippen molar-refractivity contribution in [3.8, 4) is 17.2 Å². The van der Waals surface area contributed by atoms with Crippen LogP contribution < -0.4 is 14.2 Å². The van der Waals surface area contributed by atoms with Crippen molar-refractivity contribution in [3.05, 3.63) is 53.6 Å². The normalized spacial score (nSPS) is 13.7. The van der Waals surface area contributed by atoms with Crippen LogP contribution in [0.3, 0.4) is 0 Å². The topological polar surface area (TPSA) is 43.3 Å². The lowest BCUT2D eigenvalue weighted by molar-refractivity contribution is 0.322. The van der Waals surface area contributed by atoms with Gasteiger partial charge in [-0.3, -0.25) is 4.99 Å². The zero-order valence-electron chi connectivity index (χ0n) is 16.1. The minimum Gasteiger partial charge on any atom is -0.493 e. The molecule has 2 aromatic rings. The molecule has 1 aliphatic heterocycles. The van der Waals surface area contributed by atoms with E-state index < -0.39 is 0 Å². The number of thioether (sulfide) groups is 1. The summed E-state index contributed by atoms with van der Waals surface area (Å²) in [5, 5.41) is 1.10. The molecule has 0 radical (unpaired) electrons. The number of aliphatic imine (C=N–C) groups is 1. The lowest BCUT2D eigenvalue weighted by Crippen LogP contribution is -2.30. The Labute approximate surface area is 165 Å². The first-order chi connectivity index (χ1) is 13.2. The van der Waals surface area contributed by atoms with Crippen LogP contribution in [0.5, 0.6) is 17.2 Å². The SMILES string of the molecule is COc1cc(CN(Cc2ccccc2)C2=NCCCS2)cc(OC)c1OC. The summed E-state index contributed by atoms with van der Waals surface area (Å²) in [6.07, 6.45) is 1.14. The second kappa shape index (κ2) is 9.55. The third kappa shape index (κ3) is 4.89. The first-order valence-corrected chi connectivity index (χ1v) is 9.98. The van der Waals surface area contributed by atoms with E-state index in [0.717, 1.165) is 42.5 Å². The monoisotopic (exact) mass is 386 g/mol. The van der Waals surface area contributed by atoms with Gasteiger partial charge in [0.05, 0.1) is 21.3 Å². The molecule has 0 saturated heterocycles. The van der Waals surface area contributed by atoms with Crippen LogP contribution in [0.1, 0.15) is 17.5 Å². The molecule has 0 aromatic heterocycles. The van der Waals surface area contributed by atoms with E-state index in [1.807, 2.05) is 30.0 Å². The fourth-order valence-electron chi connectivity index (χ4n) is 3.08. The minimum atomic E-state index is 0.614. The Hall–Kier alpha value is -2.34. The van der Waals surface area contributed by atoms with E-state index in [0.29, 0.717) is 17.2 Å². The number of rotatable bonds is 7. The standard InChI is InChI=1S/C21H26N2O3S/c1-24-18-12-17(13-19(25-2)20(18)26-3)15-23(21-22-10-7-11-27-21)14-16-8-5-4-6-9-16/h4-6,8-9,12-13H,7,10-11,14-15H2,1-3H3. The van der Waals surface area contributed by atoms with Crippen molar-refractivity contribution in [1.29, 1.82) is 0 Å². The Balaban J connectivity index is 1.90. The van der Waals surface area contributed by atoms with E-state index in [1.54, 1.807) is 21.3 Å². The van der Waals surface area contributed by atoms with E-state index >= 15 is 0 Å². The van der Waals surface area contributed by atoms with Crippen molar-refractivity contribution < 1.29 is 14.2 Å². The summed E-state index contributed by atoms with van der Waals surface area (Å²) in [6, 6.07) is 14.5. The Morgan fingerprint density at radius 1 is 0.926 bits per heavy atom. The molecule has 6 heteroatoms. The van der Waals surface area contributed by atoms with Gasteiger partial charge in [-0.25, -0.2) is 0 Å². The van der Waals surface area contributed by atoms with Crippen molar-refractivity contribution in [2.45, 2.75) is 19.5 Å². The van der Waals surface area contributed by atoms with Gasteiger partial charge in [0.25, 0.3) is 0 Å². The third-order valence-electron chi connectivity index (χ3n) is 4.37. The fraction of sp³-hybridized carbons (Fsp3) is 0.381. The molecule has 1 aliphatic rings. The molecule has 2 aromatic carbocycles. The zero-order valence-corrected chi connectivity index (χ0v) is 16.9. The summed E-state index contributed by atoms with van der Waals surface area (Å²) in [5.74, 6) is 3.07. The number of ether oxygens (including phenoxy) is 3. The number of hydrogen-bond donors (Lipinski definition) is 0. The average molecular weight is 387 g/mol. The molecule has 0 bridgehead atoms. The summed E-state index contributed by atoms with van der Waals surface area (Å²) < 4.78 is 16.5. The maximum absolute atomic E-state index is 5.51. The van der Waals surface area contributed by atoms with Crippen molar-refractivity contribution in [2.75, 3.05) is 33.6 Å². The molecule has 0 spiro atoms. The smallest absolute Gasteiger partial charge is 0.203 e. The van der Waals surface area contributed by atoms with Gasteiger partial charge in [0.2, 0.25) is 5.75 Å². The summed E-state index contributed by atoms with van der Waals surface area (Å²) in [5.41, 5.74) is 2.35. The Morgan fingerprint density at radius 2 is 1.59 bits per heavy atom. The van der Waals surface area contributed by atoms with Crippen LogP contribution in [0.2, 0.25) is 0 Å². The van der Waals surface area contributed by atoms with Gasteiger partial charge >= 0.3 is 0 Å². The summed E-state index contributed by atoms with van der Waals surface area (Å²) in [7, 11) is 4.91. The van der Waals surface area contributed by atoms with Crippen molar-refractivity contribution in [1.82, 2.24) is 4.90 Å². The van der Waals surface area contributed by atoms with E-state index in [1.165, 1.54) is 5.56 Å². The summed E-state index contributed by atoms with van der Waals surface area (Å²) in [6.45, 7) is 2.42. The lowest BCUT2D eigenvalue weighted by atomic mass is 10.1. The lowest BCUT2D eigenvalue weighted by Gasteiger charge is -2.28. The van der Waals surface area contributed by atoms with Gasteiger partial charge in [0, 0.05) is 25.4 Å². The number of benzene rings is 2. The summed E-state index contributed by atoms with van der Waals surface area (Å²) >= 11 is 1.83. The van der Waals surface area contributed by atoms with Crippen LogP contribution in [-0.2, 0) is 13.1 Å². The Kier molecular flexibility index (Phi) is 6.87. The van der Waals surface area contributed by atoms with Gasteiger partial charge in [0.15, 0.2) is 16.7 Å². The number of methoxy groups -OCH3 is 3. The second-order valence-electron chi connectivity index (χ2n) is 6.24. The highest BCUT2D eigenvalue weighted by Gasteiger charge is 2.19. The first-order valence-electron chi connectivity index (χ1n) is 9.00. The largest absolute Gasteiger partial charge is 0.493 e.